The van der Waals surface area contributed by atoms with E-state index in [9.17, 15) is 0 Å². The number of rotatable bonds is 1. The maximum atomic E-state index is 6.17. The lowest BCUT2D eigenvalue weighted by Gasteiger charge is -2.08. The van der Waals surface area contributed by atoms with Crippen molar-refractivity contribution >= 4 is 0 Å². The summed E-state index contributed by atoms with van der Waals surface area (Å²) < 4.78 is 1.88. The van der Waals surface area contributed by atoms with E-state index < -0.39 is 0 Å². The van der Waals surface area contributed by atoms with Crippen molar-refractivity contribution < 1.29 is 0 Å². The third-order valence-corrected chi connectivity index (χ3v) is 3.48. The molecule has 1 aliphatic carbocycles. The van der Waals surface area contributed by atoms with Gasteiger partial charge in [-0.05, 0) is 38.3 Å². The van der Waals surface area contributed by atoms with Crippen LogP contribution in [0.3, 0.4) is 0 Å². The Morgan fingerprint density at radius 2 is 2.17 bits per heavy atom. The molecule has 94 valence electrons. The van der Waals surface area contributed by atoms with Gasteiger partial charge in [0.1, 0.15) is 0 Å². The molecule has 2 aromatic heterocycles. The quantitative estimate of drug-likeness (QED) is 0.774. The highest BCUT2D eigenvalue weighted by molar-refractivity contribution is 5.31. The summed E-state index contributed by atoms with van der Waals surface area (Å²) in [6, 6.07) is 4.01. The molecule has 2 aromatic rings. The fourth-order valence-corrected chi connectivity index (χ4v) is 2.46. The van der Waals surface area contributed by atoms with Gasteiger partial charge in [-0.3, -0.25) is 0 Å². The van der Waals surface area contributed by atoms with Gasteiger partial charge in [0.05, 0.1) is 17.6 Å². The number of nitrogens with two attached hydrogens (primary N) is 1. The molecule has 0 aromatic carbocycles. The Kier molecular flexibility index (Phi) is 2.83. The number of nitrogens with zero attached hydrogens (tertiary/aromatic N) is 4. The Morgan fingerprint density at radius 3 is 2.94 bits per heavy atom. The van der Waals surface area contributed by atoms with E-state index in [1.54, 1.807) is 0 Å². The molecule has 1 atom stereocenters. The maximum Gasteiger partial charge on any atom is 0.175 e. The third-order valence-electron chi connectivity index (χ3n) is 3.48. The molecule has 0 saturated carbocycles. The molecule has 0 amide bonds. The predicted octanol–water partition coefficient (Wildman–Crippen LogP) is 1.70. The first-order chi connectivity index (χ1) is 8.75. The first-order valence-electron chi connectivity index (χ1n) is 6.39. The normalized spacial score (nSPS) is 19.3. The molecule has 1 unspecified atom stereocenters. The van der Waals surface area contributed by atoms with Crippen molar-refractivity contribution in [2.45, 2.75) is 38.6 Å². The van der Waals surface area contributed by atoms with Crippen molar-refractivity contribution in [3.05, 3.63) is 35.3 Å². The van der Waals surface area contributed by atoms with Crippen LogP contribution in [0.4, 0.5) is 0 Å². The SMILES string of the molecule is Cc1ccc(-n2ncc3c2CCCCC3N)nn1. The number of hydrogen-bond donors (Lipinski definition) is 1. The highest BCUT2D eigenvalue weighted by Gasteiger charge is 2.20. The summed E-state index contributed by atoms with van der Waals surface area (Å²) in [6.07, 6.45) is 6.27. The van der Waals surface area contributed by atoms with Crippen LogP contribution in [-0.2, 0) is 6.42 Å². The number of hydrogen-bond acceptors (Lipinski definition) is 4. The van der Waals surface area contributed by atoms with E-state index in [-0.39, 0.29) is 6.04 Å². The second-order valence-electron chi connectivity index (χ2n) is 4.84. The molecule has 5 heteroatoms. The molecule has 5 nitrogen and oxygen atoms in total. The summed E-state index contributed by atoms with van der Waals surface area (Å²) >= 11 is 0. The van der Waals surface area contributed by atoms with Crippen molar-refractivity contribution in [3.8, 4) is 5.82 Å². The topological polar surface area (TPSA) is 69.6 Å². The van der Waals surface area contributed by atoms with Crippen molar-refractivity contribution in [2.75, 3.05) is 0 Å². The Labute approximate surface area is 106 Å². The fraction of sp³-hybridized carbons (Fsp3) is 0.462. The maximum absolute atomic E-state index is 6.17. The van der Waals surface area contributed by atoms with Crippen molar-refractivity contribution in [2.24, 2.45) is 5.73 Å². The Balaban J connectivity index is 2.06. The molecule has 2 N–H and O–H groups in total. The largest absolute Gasteiger partial charge is 0.324 e. The van der Waals surface area contributed by atoms with Crippen LogP contribution in [0.2, 0.25) is 0 Å². The average molecular weight is 243 g/mol. The summed E-state index contributed by atoms with van der Waals surface area (Å²) in [5.74, 6) is 0.774. The van der Waals surface area contributed by atoms with E-state index in [1.165, 1.54) is 12.1 Å². The summed E-state index contributed by atoms with van der Waals surface area (Å²) in [5.41, 5.74) is 9.44. The van der Waals surface area contributed by atoms with Gasteiger partial charge in [-0.1, -0.05) is 6.42 Å². The van der Waals surface area contributed by atoms with Crippen LogP contribution in [0.5, 0.6) is 0 Å². The lowest BCUT2D eigenvalue weighted by atomic mass is 10.1. The summed E-state index contributed by atoms with van der Waals surface area (Å²) in [4.78, 5) is 0. The zero-order valence-electron chi connectivity index (χ0n) is 10.5. The predicted molar refractivity (Wildman–Crippen MR) is 68.4 cm³/mol. The molecule has 0 radical (unpaired) electrons. The zero-order chi connectivity index (χ0) is 12.5. The molecule has 0 aliphatic heterocycles. The van der Waals surface area contributed by atoms with Crippen LogP contribution >= 0.6 is 0 Å². The Hall–Kier alpha value is -1.75. The molecule has 3 rings (SSSR count). The van der Waals surface area contributed by atoms with Crippen LogP contribution in [0.1, 0.15) is 42.3 Å². The highest BCUT2D eigenvalue weighted by Crippen LogP contribution is 2.27. The van der Waals surface area contributed by atoms with Gasteiger partial charge in [0.25, 0.3) is 0 Å². The van der Waals surface area contributed by atoms with Gasteiger partial charge in [0.15, 0.2) is 5.82 Å². The van der Waals surface area contributed by atoms with Crippen LogP contribution in [-0.4, -0.2) is 20.0 Å². The molecule has 0 saturated heterocycles. The van der Waals surface area contributed by atoms with Crippen LogP contribution in [0.25, 0.3) is 5.82 Å². The molecule has 1 aliphatic rings. The van der Waals surface area contributed by atoms with Gasteiger partial charge in [-0.15, -0.1) is 5.10 Å². The molecule has 0 fully saturated rings. The van der Waals surface area contributed by atoms with E-state index in [0.29, 0.717) is 0 Å². The first kappa shape index (κ1) is 11.3. The first-order valence-corrected chi connectivity index (χ1v) is 6.39. The van der Waals surface area contributed by atoms with Crippen LogP contribution in [0.15, 0.2) is 18.3 Å². The monoisotopic (exact) mass is 243 g/mol. The van der Waals surface area contributed by atoms with E-state index in [2.05, 4.69) is 15.3 Å². The Morgan fingerprint density at radius 1 is 1.28 bits per heavy atom. The molecule has 0 spiro atoms. The second kappa shape index (κ2) is 4.49. The number of aromatic nitrogens is 4. The summed E-state index contributed by atoms with van der Waals surface area (Å²) in [7, 11) is 0. The van der Waals surface area contributed by atoms with Gasteiger partial charge in [-0.25, -0.2) is 4.68 Å². The summed E-state index contributed by atoms with van der Waals surface area (Å²) in [6.45, 7) is 1.93. The molecule has 2 heterocycles. The van der Waals surface area contributed by atoms with E-state index in [4.69, 9.17) is 5.73 Å². The fourth-order valence-electron chi connectivity index (χ4n) is 2.46. The standard InChI is InChI=1S/C13H17N5/c1-9-6-7-13(17-16-9)18-12-5-3-2-4-11(14)10(12)8-15-18/h6-8,11H,2-5,14H2,1H3. The molecule has 18 heavy (non-hydrogen) atoms. The highest BCUT2D eigenvalue weighted by atomic mass is 15.3. The van der Waals surface area contributed by atoms with Gasteiger partial charge < -0.3 is 5.73 Å². The van der Waals surface area contributed by atoms with Gasteiger partial charge in [-0.2, -0.15) is 10.2 Å². The van der Waals surface area contributed by atoms with Gasteiger partial charge >= 0.3 is 0 Å². The van der Waals surface area contributed by atoms with Crippen molar-refractivity contribution in [1.29, 1.82) is 0 Å². The minimum atomic E-state index is 0.106. The van der Waals surface area contributed by atoms with Crippen molar-refractivity contribution in [3.63, 3.8) is 0 Å². The Bertz CT molecular complexity index is 543. The van der Waals surface area contributed by atoms with E-state index >= 15 is 0 Å². The van der Waals surface area contributed by atoms with Gasteiger partial charge in [0, 0.05) is 11.6 Å². The molecule has 0 bridgehead atoms. The lowest BCUT2D eigenvalue weighted by molar-refractivity contribution is 0.611. The lowest BCUT2D eigenvalue weighted by Crippen LogP contribution is -2.11. The third kappa shape index (κ3) is 1.90. The minimum Gasteiger partial charge on any atom is -0.324 e. The smallest absolute Gasteiger partial charge is 0.175 e. The average Bonchev–Trinajstić information content (AvgIpc) is 2.71. The number of fused-ring (bicyclic) bond motifs is 1. The minimum absolute atomic E-state index is 0.106. The molecular weight excluding hydrogens is 226 g/mol. The zero-order valence-corrected chi connectivity index (χ0v) is 10.5. The van der Waals surface area contributed by atoms with E-state index in [1.807, 2.05) is 29.9 Å². The van der Waals surface area contributed by atoms with Crippen LogP contribution in [0, 0.1) is 6.92 Å². The van der Waals surface area contributed by atoms with E-state index in [0.717, 1.165) is 36.3 Å². The number of aryl methyl sites for hydroxylation is 1. The van der Waals surface area contributed by atoms with Gasteiger partial charge in [0.2, 0.25) is 0 Å². The molecular formula is C13H17N5. The second-order valence-corrected chi connectivity index (χ2v) is 4.84. The van der Waals surface area contributed by atoms with Crippen LogP contribution < -0.4 is 5.73 Å². The summed E-state index contributed by atoms with van der Waals surface area (Å²) in [5, 5.41) is 12.7. The van der Waals surface area contributed by atoms with Crippen molar-refractivity contribution in [1.82, 2.24) is 20.0 Å².